The number of H-pyrrole nitrogens is 2. The molecule has 11 aromatic rings. The van der Waals surface area contributed by atoms with Crippen molar-refractivity contribution < 1.29 is 0 Å². The maximum absolute atomic E-state index is 5.72. The van der Waals surface area contributed by atoms with Crippen LogP contribution in [0.15, 0.2) is 113 Å². The highest BCUT2D eigenvalue weighted by molar-refractivity contribution is 8.04. The molecular weight excluding hydrogens is 1340 g/mol. The van der Waals surface area contributed by atoms with Crippen molar-refractivity contribution in [2.24, 2.45) is 0 Å². The molecule has 96 heavy (non-hydrogen) atoms. The lowest BCUT2D eigenvalue weighted by Crippen LogP contribution is -2.12. The second kappa shape index (κ2) is 24.2. The first-order valence-electron chi connectivity index (χ1n) is 32.7. The Morgan fingerprint density at radius 1 is 0.198 bits per heavy atom. The monoisotopic (exact) mass is 1420 g/mol. The Morgan fingerprint density at radius 3 is 0.490 bits per heavy atom. The van der Waals surface area contributed by atoms with E-state index >= 15 is 0 Å². The van der Waals surface area contributed by atoms with Crippen molar-refractivity contribution in [3.8, 4) is 45.0 Å². The van der Waals surface area contributed by atoms with Crippen molar-refractivity contribution in [3.63, 3.8) is 0 Å². The Balaban J connectivity index is 1.18. The fraction of sp³-hybridized carbons (Fsp3) is 0.421. The van der Waals surface area contributed by atoms with Crippen molar-refractivity contribution in [2.75, 3.05) is 0 Å². The smallest absolute Gasteiger partial charge is 0.130 e. The van der Waals surface area contributed by atoms with Crippen LogP contribution in [0.5, 0.6) is 0 Å². The van der Waals surface area contributed by atoms with Gasteiger partial charge in [0.15, 0.2) is 0 Å². The summed E-state index contributed by atoms with van der Waals surface area (Å²) in [5.41, 5.74) is 17.0. The first-order chi connectivity index (χ1) is 44.4. The highest BCUT2D eigenvalue weighted by Crippen LogP contribution is 2.50. The van der Waals surface area contributed by atoms with Crippen LogP contribution in [0.25, 0.3) is 133 Å². The molecule has 0 saturated carbocycles. The molecule has 2 N–H and O–H groups in total. The lowest BCUT2D eigenvalue weighted by Gasteiger charge is -2.22. The van der Waals surface area contributed by atoms with Gasteiger partial charge in [0.05, 0.1) is 66.9 Å². The van der Waals surface area contributed by atoms with E-state index in [0.717, 1.165) is 173 Å². The Kier molecular flexibility index (Phi) is 17.4. The van der Waals surface area contributed by atoms with Gasteiger partial charge in [-0.3, -0.25) is 0 Å². The standard InChI is InChI=1S/C76H86N12S8/c1-69(2,3)89-61-62(90-70(4,5)6)82-54-26-38-37(25-53(54)81-61)45-33-47-39-27-55-56(84-64(92-72(10,11)12)63(83-55)91-71(7,8)9)28-40(39)49(78-47)35-51-43-31-59-60(88-68(96-76(22,23)24)67(87-59)95-75(19,20)21)32-44(43)52(80-51)36-50-42-30-58-57(29-41(42)48(79-50)34-46(38)77-45)85-65(93-73(13,14)15)66(86-58)94-74(16,17)18/h25-36,77,80H,1-24H3. The van der Waals surface area contributed by atoms with Gasteiger partial charge >= 0.3 is 0 Å². The van der Waals surface area contributed by atoms with Crippen LogP contribution in [0.1, 0.15) is 166 Å². The molecule has 0 radical (unpaired) electrons. The Labute approximate surface area is 598 Å². The second-order valence-electron chi connectivity index (χ2n) is 32.8. The van der Waals surface area contributed by atoms with Crippen molar-refractivity contribution in [2.45, 2.75) is 244 Å². The van der Waals surface area contributed by atoms with E-state index < -0.39 is 0 Å². The number of aromatic amines is 2. The van der Waals surface area contributed by atoms with Gasteiger partial charge < -0.3 is 9.97 Å². The van der Waals surface area contributed by atoms with Gasteiger partial charge in [0.25, 0.3) is 0 Å². The third kappa shape index (κ3) is 15.4. The van der Waals surface area contributed by atoms with Crippen LogP contribution in [0.2, 0.25) is 0 Å². The lowest BCUT2D eigenvalue weighted by molar-refractivity contribution is 0.782. The predicted molar refractivity (Wildman–Crippen MR) is 422 cm³/mol. The van der Waals surface area contributed by atoms with Gasteiger partial charge in [0, 0.05) is 104 Å². The Morgan fingerprint density at radius 2 is 0.344 bits per heavy atom. The van der Waals surface area contributed by atoms with E-state index in [2.05, 4.69) is 249 Å². The van der Waals surface area contributed by atoms with Gasteiger partial charge in [-0.15, -0.1) is 0 Å². The van der Waals surface area contributed by atoms with E-state index in [0.29, 0.717) is 0 Å². The summed E-state index contributed by atoms with van der Waals surface area (Å²) in [6, 6.07) is 26.5. The largest absolute Gasteiger partial charge is 0.354 e. The minimum absolute atomic E-state index is 0.105. The maximum atomic E-state index is 5.72. The molecule has 0 amide bonds. The Bertz CT molecular complexity index is 4590. The molecule has 0 fully saturated rings. The summed E-state index contributed by atoms with van der Waals surface area (Å²) in [6.07, 6.45) is 0. The zero-order valence-electron chi connectivity index (χ0n) is 59.7. The normalized spacial score (nSPS) is 13.8. The van der Waals surface area contributed by atoms with Crippen LogP contribution >= 0.6 is 94.1 Å². The fourth-order valence-electron chi connectivity index (χ4n) is 11.4. The van der Waals surface area contributed by atoms with Crippen molar-refractivity contribution in [1.29, 1.82) is 0 Å². The highest BCUT2D eigenvalue weighted by atomic mass is 32.2. The number of benzene rings is 4. The zero-order valence-corrected chi connectivity index (χ0v) is 66.2. The summed E-state index contributed by atoms with van der Waals surface area (Å²) in [7, 11) is 0. The average molecular weight is 1420 g/mol. The molecule has 4 aromatic carbocycles. The molecule has 0 aliphatic carbocycles. The summed E-state index contributed by atoms with van der Waals surface area (Å²) in [6.45, 7) is 53.6. The van der Waals surface area contributed by atoms with E-state index in [9.17, 15) is 0 Å². The number of nitrogens with zero attached hydrogens (tertiary/aromatic N) is 10. The number of rotatable bonds is 8. The van der Waals surface area contributed by atoms with Gasteiger partial charge in [-0.05, 0) is 72.8 Å². The summed E-state index contributed by atoms with van der Waals surface area (Å²) in [4.78, 5) is 63.4. The Hall–Kier alpha value is -5.32. The molecule has 2 aliphatic heterocycles. The topological polar surface area (TPSA) is 160 Å². The van der Waals surface area contributed by atoms with E-state index in [4.69, 9.17) is 49.8 Å². The summed E-state index contributed by atoms with van der Waals surface area (Å²) in [5.74, 6) is 0. The summed E-state index contributed by atoms with van der Waals surface area (Å²) >= 11 is 14.1. The number of nitrogens with one attached hydrogen (secondary N) is 2. The van der Waals surface area contributed by atoms with Crippen molar-refractivity contribution in [1.82, 2.24) is 59.8 Å². The van der Waals surface area contributed by atoms with E-state index in [-0.39, 0.29) is 38.0 Å². The van der Waals surface area contributed by atoms with Crippen LogP contribution in [-0.4, -0.2) is 97.8 Å². The quantitative estimate of drug-likeness (QED) is 0.138. The number of fused-ring (bicyclic) bond motifs is 24. The number of hydrogen-bond donors (Lipinski definition) is 2. The molecule has 0 saturated heterocycles. The highest BCUT2D eigenvalue weighted by Gasteiger charge is 2.31. The SMILES string of the molecule is CC(C)(C)Sc1nc2cc3c(cc2nc1SC(C)(C)C)-c1cc2[nH]c(cc4nc(cc5[nH]c(cc-3n1)c1cc3nc(SC(C)(C)C)c(SC(C)(C)C)nc3cc51)-c1cc3nc(SC(C)(C)C)c(SC(C)(C)C)nc3cc1-4)c1cc3nc(SC(C)(C)C)c(SC(C)(C)C)nc3cc21. The number of thioether (sulfide) groups is 8. The van der Waals surface area contributed by atoms with Crippen molar-refractivity contribution in [3.05, 3.63) is 72.8 Å². The summed E-state index contributed by atoms with van der Waals surface area (Å²) in [5, 5.41) is 11.3. The fourth-order valence-corrected chi connectivity index (χ4v) is 19.2. The molecule has 8 bridgehead atoms. The molecule has 20 heteroatoms. The first kappa shape index (κ1) is 69.2. The van der Waals surface area contributed by atoms with Crippen LogP contribution in [0.4, 0.5) is 0 Å². The predicted octanol–water partition coefficient (Wildman–Crippen LogP) is 24.2. The molecule has 12 nitrogen and oxygen atoms in total. The summed E-state index contributed by atoms with van der Waals surface area (Å²) < 4.78 is -0.843. The molecule has 0 unspecified atom stereocenters. The molecule has 13 rings (SSSR count). The maximum Gasteiger partial charge on any atom is 0.130 e. The zero-order chi connectivity index (χ0) is 69.1. The molecule has 9 heterocycles. The molecular formula is C76H86N12S8. The average Bonchev–Trinajstić information content (AvgIpc) is 1.56. The van der Waals surface area contributed by atoms with Crippen molar-refractivity contribution >= 4 is 182 Å². The number of aromatic nitrogens is 12. The molecule has 2 aliphatic rings. The molecule has 0 atom stereocenters. The van der Waals surface area contributed by atoms with Gasteiger partial charge in [0.1, 0.15) is 40.2 Å². The van der Waals surface area contributed by atoms with E-state index in [1.54, 1.807) is 94.1 Å². The van der Waals surface area contributed by atoms with E-state index in [1.165, 1.54) is 0 Å². The molecule has 0 spiro atoms. The van der Waals surface area contributed by atoms with E-state index in [1.807, 2.05) is 0 Å². The second-order valence-corrected chi connectivity index (χ2v) is 47.4. The van der Waals surface area contributed by atoms with Gasteiger partial charge in [-0.1, -0.05) is 260 Å². The minimum atomic E-state index is -0.106. The number of hydrogen-bond acceptors (Lipinski definition) is 18. The third-order valence-electron chi connectivity index (χ3n) is 14.6. The van der Waals surface area contributed by atoms with Gasteiger partial charge in [0.2, 0.25) is 0 Å². The van der Waals surface area contributed by atoms with Crippen LogP contribution < -0.4 is 0 Å². The lowest BCUT2D eigenvalue weighted by atomic mass is 10.0. The van der Waals surface area contributed by atoms with Crippen LogP contribution in [0.3, 0.4) is 0 Å². The van der Waals surface area contributed by atoms with Gasteiger partial charge in [-0.2, -0.15) is 0 Å². The van der Waals surface area contributed by atoms with Crippen LogP contribution in [-0.2, 0) is 0 Å². The molecule has 7 aromatic heterocycles. The molecule has 498 valence electrons. The first-order valence-corrected chi connectivity index (χ1v) is 39.2. The third-order valence-corrected chi connectivity index (χ3v) is 23.8. The van der Waals surface area contributed by atoms with Gasteiger partial charge in [-0.25, -0.2) is 49.8 Å². The van der Waals surface area contributed by atoms with Crippen LogP contribution in [0, 0.1) is 0 Å². The minimum Gasteiger partial charge on any atom is -0.354 e.